The molecule has 0 saturated heterocycles. The molecule has 0 spiro atoms. The Kier molecular flexibility index (Phi) is 40.0. The van der Waals surface area contributed by atoms with Gasteiger partial charge in [-0.05, 0) is 116 Å². The largest absolute Gasteiger partial charge is 0.394 e. The second-order valence-corrected chi connectivity index (χ2v) is 23.0. The van der Waals surface area contributed by atoms with Crippen molar-refractivity contribution >= 4 is 82.8 Å². The highest BCUT2D eigenvalue weighted by Crippen LogP contribution is 2.10. The molecule has 0 aliphatic carbocycles. The Balaban J connectivity index is 2.17. The van der Waals surface area contributed by atoms with E-state index in [-0.39, 0.29) is 95.5 Å². The van der Waals surface area contributed by atoms with Crippen LogP contribution in [0, 0.1) is 0 Å². The summed E-state index contributed by atoms with van der Waals surface area (Å²) in [6, 6.07) is 4.97. The fraction of sp³-hybridized carbons (Fsp3) is 0.574. The van der Waals surface area contributed by atoms with E-state index in [1.165, 1.54) is 20.8 Å². The smallest absolute Gasteiger partial charge is 0.245 e. The van der Waals surface area contributed by atoms with E-state index in [1.807, 2.05) is 30.3 Å². The van der Waals surface area contributed by atoms with Crippen LogP contribution in [0.25, 0.3) is 0 Å². The molecule has 12 amide bonds. The van der Waals surface area contributed by atoms with Gasteiger partial charge in [0.2, 0.25) is 70.9 Å². The van der Waals surface area contributed by atoms with Gasteiger partial charge < -0.3 is 120 Å². The number of aliphatic hydroxyl groups excluding tert-OH is 2. The third-order valence-electron chi connectivity index (χ3n) is 14.6. The van der Waals surface area contributed by atoms with Crippen LogP contribution < -0.4 is 110 Å². The molecule has 0 aromatic heterocycles. The average molecular weight is 1370 g/mol. The van der Waals surface area contributed by atoms with Gasteiger partial charge in [-0.3, -0.25) is 67.5 Å². The standard InChI is InChI=1S/C61H102N22O14/c1-35(75-48(87)33-74-59(97)50(37(3)85)83-57(95)45(29-39-18-8-5-9-19-39)77-49(88)32-73-47(86)31-70-30-40(64)28-38-16-6-4-7-17-38)52(90)79-44(23-15-27-72-61(68)69)55(93)81-42(21-11-13-25-63)56(94)82-46(34-84)58(96)76-36(2)53(91)80-43(22-14-26-71-60(66)67)54(92)78-41(51(65)89)20-10-12-24-62/h4-9,16-19,35-37,40-46,50,70,84-85H,10-15,20-34,62-64H2,1-3H3,(H2,65,89)(H,73,86)(H,74,97)(H,75,87)(H,76,96)(H,77,88)(H,78,92)(H,79,90)(H,80,91)(H,81,93)(H,82,94)(H,83,95)(H4,66,67,71)(H4,68,69,72)/t35-,36-,37-,40-,41-,42-,43-,44-,45-,46-,50-/m0/s1. The monoisotopic (exact) mass is 1370 g/mol. The van der Waals surface area contributed by atoms with Gasteiger partial charge in [-0.15, -0.1) is 0 Å². The minimum absolute atomic E-state index is 0.0159. The number of aliphatic imine (C=N–C) groups is 2. The van der Waals surface area contributed by atoms with Crippen LogP contribution in [0.4, 0.5) is 0 Å². The number of amides is 12. The highest BCUT2D eigenvalue weighted by molar-refractivity contribution is 5.99. The Hall–Kier alpha value is -9.62. The summed E-state index contributed by atoms with van der Waals surface area (Å²) in [5.74, 6) is -11.0. The van der Waals surface area contributed by atoms with Gasteiger partial charge in [-0.1, -0.05) is 60.7 Å². The summed E-state index contributed by atoms with van der Waals surface area (Å²) in [5.41, 5.74) is 46.5. The Morgan fingerprint density at radius 1 is 0.433 bits per heavy atom. The maximum Gasteiger partial charge on any atom is 0.245 e. The quantitative estimate of drug-likeness (QED) is 0.0166. The molecule has 30 N–H and O–H groups in total. The minimum Gasteiger partial charge on any atom is -0.394 e. The predicted molar refractivity (Wildman–Crippen MR) is 359 cm³/mol. The summed E-state index contributed by atoms with van der Waals surface area (Å²) in [4.78, 5) is 169. The topological polar surface area (TPSA) is 623 Å². The van der Waals surface area contributed by atoms with Crippen molar-refractivity contribution in [1.29, 1.82) is 0 Å². The van der Waals surface area contributed by atoms with E-state index in [9.17, 15) is 67.7 Å². The summed E-state index contributed by atoms with van der Waals surface area (Å²) in [6.07, 6.45) is 0.745. The lowest BCUT2D eigenvalue weighted by Crippen LogP contribution is -2.60. The number of hydrogen-bond acceptors (Lipinski definition) is 20. The van der Waals surface area contributed by atoms with Crippen LogP contribution in [0.2, 0.25) is 0 Å². The first-order chi connectivity index (χ1) is 46.1. The highest BCUT2D eigenvalue weighted by Gasteiger charge is 2.34. The number of hydrogen-bond donors (Lipinski definition) is 22. The maximum atomic E-state index is 14.1. The molecule has 36 nitrogen and oxygen atoms in total. The van der Waals surface area contributed by atoms with Gasteiger partial charge in [-0.25, -0.2) is 0 Å². The summed E-state index contributed by atoms with van der Waals surface area (Å²) in [5, 5.41) is 50.9. The lowest BCUT2D eigenvalue weighted by Gasteiger charge is -2.26. The van der Waals surface area contributed by atoms with Crippen molar-refractivity contribution in [3.8, 4) is 0 Å². The number of nitrogens with one attached hydrogen (secondary N) is 12. The van der Waals surface area contributed by atoms with E-state index in [2.05, 4.69) is 73.8 Å². The van der Waals surface area contributed by atoms with Gasteiger partial charge >= 0.3 is 0 Å². The number of unbranched alkanes of at least 4 members (excludes halogenated alkanes) is 2. The van der Waals surface area contributed by atoms with Gasteiger partial charge in [0.15, 0.2) is 11.9 Å². The molecule has 2 aromatic rings. The van der Waals surface area contributed by atoms with Crippen LogP contribution in [-0.4, -0.2) is 219 Å². The van der Waals surface area contributed by atoms with E-state index < -0.39 is 151 Å². The Morgan fingerprint density at radius 3 is 1.32 bits per heavy atom. The lowest BCUT2D eigenvalue weighted by molar-refractivity contribution is -0.136. The molecule has 2 rings (SSSR count). The minimum atomic E-state index is -1.72. The molecule has 36 heteroatoms. The highest BCUT2D eigenvalue weighted by atomic mass is 16.3. The number of benzene rings is 2. The summed E-state index contributed by atoms with van der Waals surface area (Å²) in [6.45, 7) is 2.11. The average Bonchev–Trinajstić information content (AvgIpc) is 1.06. The SMILES string of the molecule is C[C@H](NC(=O)CNC(=O)[C@@H](NC(=O)[C@H](Cc1ccccc1)NC(=O)CNC(=O)CNC[C@@H](N)Cc1ccccc1)[C@H](C)O)C(=O)N[C@@H](CCCN=C(N)N)C(=O)N[C@@H](CCCCN)C(=O)N[C@@H](CO)C(=O)N[C@@H](C)C(=O)N[C@@H](CCCN=C(N)N)C(=O)N[C@@H](CCCCN)C(N)=O. The van der Waals surface area contributed by atoms with Crippen LogP contribution in [0.3, 0.4) is 0 Å². The van der Waals surface area contributed by atoms with E-state index in [4.69, 9.17) is 45.9 Å². The summed E-state index contributed by atoms with van der Waals surface area (Å²) in [7, 11) is 0. The molecular weight excluding hydrogens is 1260 g/mol. The number of primary amides is 1. The number of aliphatic hydroxyl groups is 2. The van der Waals surface area contributed by atoms with Gasteiger partial charge in [0.25, 0.3) is 0 Å². The van der Waals surface area contributed by atoms with Crippen molar-refractivity contribution in [2.45, 2.75) is 164 Å². The molecular formula is C61H102N22O14. The molecule has 0 fully saturated rings. The molecule has 540 valence electrons. The number of nitrogens with two attached hydrogens (primary N) is 8. The maximum absolute atomic E-state index is 14.1. The third-order valence-corrected chi connectivity index (χ3v) is 14.6. The van der Waals surface area contributed by atoms with Crippen LogP contribution in [0.15, 0.2) is 70.6 Å². The zero-order valence-corrected chi connectivity index (χ0v) is 55.3. The van der Waals surface area contributed by atoms with Crippen molar-refractivity contribution in [2.24, 2.45) is 55.9 Å². The molecule has 97 heavy (non-hydrogen) atoms. The number of nitrogens with zero attached hydrogens (tertiary/aromatic N) is 2. The van der Waals surface area contributed by atoms with Crippen molar-refractivity contribution in [3.63, 3.8) is 0 Å². The fourth-order valence-electron chi connectivity index (χ4n) is 9.27. The molecule has 0 aliphatic heterocycles. The van der Waals surface area contributed by atoms with Gasteiger partial charge in [-0.2, -0.15) is 0 Å². The first kappa shape index (κ1) is 83.5. The normalized spacial score (nSPS) is 14.3. The fourth-order valence-corrected chi connectivity index (χ4v) is 9.27. The van der Waals surface area contributed by atoms with Crippen LogP contribution >= 0.6 is 0 Å². The molecule has 0 radical (unpaired) electrons. The zero-order chi connectivity index (χ0) is 72.4. The molecule has 0 bridgehead atoms. The van der Waals surface area contributed by atoms with Gasteiger partial charge in [0.05, 0.1) is 32.3 Å². The number of carbonyl (C=O) groups excluding carboxylic acids is 12. The zero-order valence-electron chi connectivity index (χ0n) is 55.3. The van der Waals surface area contributed by atoms with Crippen molar-refractivity contribution in [1.82, 2.24) is 63.8 Å². The molecule has 0 saturated carbocycles. The number of guanidine groups is 2. The summed E-state index contributed by atoms with van der Waals surface area (Å²) < 4.78 is 0. The van der Waals surface area contributed by atoms with E-state index in [1.54, 1.807) is 30.3 Å². The van der Waals surface area contributed by atoms with Gasteiger partial charge in [0, 0.05) is 32.1 Å². The predicted octanol–water partition coefficient (Wildman–Crippen LogP) is -8.75. The van der Waals surface area contributed by atoms with E-state index >= 15 is 0 Å². The van der Waals surface area contributed by atoms with Crippen LogP contribution in [-0.2, 0) is 70.4 Å². The molecule has 0 unspecified atom stereocenters. The number of carbonyl (C=O) groups is 12. The van der Waals surface area contributed by atoms with Crippen molar-refractivity contribution in [3.05, 3.63) is 71.8 Å². The van der Waals surface area contributed by atoms with Crippen molar-refractivity contribution < 1.29 is 67.7 Å². The first-order valence-electron chi connectivity index (χ1n) is 32.0. The van der Waals surface area contributed by atoms with Crippen LogP contribution in [0.1, 0.15) is 96.1 Å². The van der Waals surface area contributed by atoms with Crippen LogP contribution in [0.5, 0.6) is 0 Å². The Bertz CT molecular complexity index is 2900. The first-order valence-corrected chi connectivity index (χ1v) is 32.0. The van der Waals surface area contributed by atoms with E-state index in [0.717, 1.165) is 5.56 Å². The Labute approximate surface area is 563 Å². The molecule has 0 aliphatic rings. The van der Waals surface area contributed by atoms with Crippen molar-refractivity contribution in [2.75, 3.05) is 59.0 Å². The van der Waals surface area contributed by atoms with Gasteiger partial charge in [0.1, 0.15) is 54.4 Å². The molecule has 2 aromatic carbocycles. The van der Waals surface area contributed by atoms with E-state index in [0.29, 0.717) is 44.3 Å². The molecule has 11 atom stereocenters. The Morgan fingerprint density at radius 2 is 0.845 bits per heavy atom. The lowest BCUT2D eigenvalue weighted by atomic mass is 10.0. The third kappa shape index (κ3) is 35.1. The second kappa shape index (κ2) is 46.5. The second-order valence-electron chi connectivity index (χ2n) is 23.0. The molecule has 0 heterocycles. The summed E-state index contributed by atoms with van der Waals surface area (Å²) >= 11 is 0. The number of rotatable bonds is 48.